The van der Waals surface area contributed by atoms with Gasteiger partial charge in [0.05, 0.1) is 14.2 Å². The Bertz CT molecular complexity index is 991. The fourth-order valence-electron chi connectivity index (χ4n) is 3.42. The molecule has 3 aromatic rings. The predicted molar refractivity (Wildman–Crippen MR) is 113 cm³/mol. The highest BCUT2D eigenvalue weighted by atomic mass is 16.6. The number of hydrogen-bond acceptors (Lipinski definition) is 6. The minimum atomic E-state index is -0.140. The lowest BCUT2D eigenvalue weighted by Gasteiger charge is -2.35. The van der Waals surface area contributed by atoms with Crippen LogP contribution in [-0.4, -0.2) is 51.2 Å². The molecule has 0 saturated carbocycles. The topological polar surface area (TPSA) is 64.4 Å². The normalized spacial score (nSPS) is 13.8. The van der Waals surface area contributed by atoms with Crippen molar-refractivity contribution < 1.29 is 23.4 Å². The fraction of sp³-hybridized carbons (Fsp3) is 0.261. The molecule has 0 radical (unpaired) electrons. The number of methoxy groups -OCH3 is 2. The molecule has 7 heteroatoms. The van der Waals surface area contributed by atoms with Crippen molar-refractivity contribution in [2.45, 2.75) is 0 Å². The van der Waals surface area contributed by atoms with Gasteiger partial charge in [-0.3, -0.25) is 4.79 Å². The third-order valence-corrected chi connectivity index (χ3v) is 5.08. The van der Waals surface area contributed by atoms with E-state index in [9.17, 15) is 4.79 Å². The van der Waals surface area contributed by atoms with E-state index in [1.54, 1.807) is 43.4 Å². The number of anilines is 1. The summed E-state index contributed by atoms with van der Waals surface area (Å²) in [6.45, 7) is 2.75. The minimum absolute atomic E-state index is 0.140. The molecule has 0 spiro atoms. The van der Waals surface area contributed by atoms with Crippen LogP contribution in [0.4, 0.5) is 5.69 Å². The van der Waals surface area contributed by atoms with Crippen LogP contribution >= 0.6 is 0 Å². The van der Waals surface area contributed by atoms with Crippen LogP contribution in [0.2, 0.25) is 0 Å². The molecule has 1 amide bonds. The van der Waals surface area contributed by atoms with Crippen molar-refractivity contribution in [1.29, 1.82) is 0 Å². The van der Waals surface area contributed by atoms with Crippen LogP contribution in [0.15, 0.2) is 65.1 Å². The summed E-state index contributed by atoms with van der Waals surface area (Å²) in [7, 11) is 3.23. The van der Waals surface area contributed by atoms with Gasteiger partial charge in [0.2, 0.25) is 0 Å². The van der Waals surface area contributed by atoms with E-state index < -0.39 is 0 Å². The van der Waals surface area contributed by atoms with Crippen LogP contribution in [0.1, 0.15) is 10.6 Å². The highest BCUT2D eigenvalue weighted by Crippen LogP contribution is 2.32. The zero-order chi connectivity index (χ0) is 20.9. The Labute approximate surface area is 175 Å². The van der Waals surface area contributed by atoms with Gasteiger partial charge in [0.1, 0.15) is 5.75 Å². The summed E-state index contributed by atoms with van der Waals surface area (Å²) in [4.78, 5) is 16.9. The summed E-state index contributed by atoms with van der Waals surface area (Å²) in [5, 5.41) is 0. The molecular weight excluding hydrogens is 384 g/mol. The maximum absolute atomic E-state index is 12.8. The molecular formula is C23H24N2O5. The second-order valence-electron chi connectivity index (χ2n) is 6.85. The van der Waals surface area contributed by atoms with Gasteiger partial charge >= 0.3 is 0 Å². The number of carbonyl (C=O) groups excluding carboxylic acids is 1. The van der Waals surface area contributed by atoms with E-state index >= 15 is 0 Å². The van der Waals surface area contributed by atoms with E-state index in [2.05, 4.69) is 4.90 Å². The van der Waals surface area contributed by atoms with Gasteiger partial charge < -0.3 is 28.4 Å². The van der Waals surface area contributed by atoms with Gasteiger partial charge in [-0.2, -0.15) is 0 Å². The maximum Gasteiger partial charge on any atom is 0.290 e. The number of rotatable bonds is 6. The molecule has 156 valence electrons. The standard InChI is InChI=1S/C23H24N2O5/c1-27-18-9-7-17(8-10-18)24-13-15-25(16-14-24)23(26)21-11-12-22(30-21)29-20-6-4-3-5-19(20)28-2/h3-12H,13-16H2,1-2H3. The molecule has 0 bridgehead atoms. The van der Waals surface area contributed by atoms with Crippen LogP contribution in [-0.2, 0) is 0 Å². The van der Waals surface area contributed by atoms with Crippen LogP contribution in [0.3, 0.4) is 0 Å². The van der Waals surface area contributed by atoms with Crippen LogP contribution < -0.4 is 19.1 Å². The highest BCUT2D eigenvalue weighted by molar-refractivity contribution is 5.91. The SMILES string of the molecule is COc1ccc(N2CCN(C(=O)c3ccc(Oc4ccccc4OC)o3)CC2)cc1. The minimum Gasteiger partial charge on any atom is -0.497 e. The largest absolute Gasteiger partial charge is 0.497 e. The second-order valence-corrected chi connectivity index (χ2v) is 6.85. The first-order chi connectivity index (χ1) is 14.7. The highest BCUT2D eigenvalue weighted by Gasteiger charge is 2.25. The number of para-hydroxylation sites is 2. The van der Waals surface area contributed by atoms with Crippen molar-refractivity contribution in [2.75, 3.05) is 45.3 Å². The first-order valence-electron chi connectivity index (χ1n) is 9.77. The Morgan fingerprint density at radius 3 is 2.20 bits per heavy atom. The number of amides is 1. The van der Waals surface area contributed by atoms with Crippen LogP contribution in [0, 0.1) is 0 Å². The molecule has 0 N–H and O–H groups in total. The van der Waals surface area contributed by atoms with Gasteiger partial charge in [-0.25, -0.2) is 0 Å². The van der Waals surface area contributed by atoms with E-state index in [0.29, 0.717) is 24.6 Å². The molecule has 7 nitrogen and oxygen atoms in total. The Balaban J connectivity index is 1.36. The summed E-state index contributed by atoms with van der Waals surface area (Å²) in [5.41, 5.74) is 1.12. The van der Waals surface area contributed by atoms with Crippen molar-refractivity contribution in [3.63, 3.8) is 0 Å². The van der Waals surface area contributed by atoms with E-state index in [-0.39, 0.29) is 17.6 Å². The number of benzene rings is 2. The lowest BCUT2D eigenvalue weighted by Crippen LogP contribution is -2.48. The van der Waals surface area contributed by atoms with Crippen molar-refractivity contribution in [3.05, 3.63) is 66.4 Å². The molecule has 0 unspecified atom stereocenters. The average molecular weight is 408 g/mol. The summed E-state index contributed by atoms with van der Waals surface area (Å²) in [6, 6.07) is 18.5. The molecule has 1 aliphatic heterocycles. The fourth-order valence-corrected chi connectivity index (χ4v) is 3.42. The van der Waals surface area contributed by atoms with Gasteiger partial charge in [-0.05, 0) is 42.5 Å². The third kappa shape index (κ3) is 4.20. The van der Waals surface area contributed by atoms with Gasteiger partial charge in [0.25, 0.3) is 11.9 Å². The quantitative estimate of drug-likeness (QED) is 0.613. The van der Waals surface area contributed by atoms with Crippen LogP contribution in [0.5, 0.6) is 23.2 Å². The van der Waals surface area contributed by atoms with Crippen LogP contribution in [0.25, 0.3) is 0 Å². The molecule has 4 rings (SSSR count). The first kappa shape index (κ1) is 19.7. The smallest absolute Gasteiger partial charge is 0.290 e. The van der Waals surface area contributed by atoms with Gasteiger partial charge in [-0.15, -0.1) is 0 Å². The van der Waals surface area contributed by atoms with Crippen molar-refractivity contribution in [1.82, 2.24) is 4.90 Å². The van der Waals surface area contributed by atoms with Crippen molar-refractivity contribution in [3.8, 4) is 23.2 Å². The van der Waals surface area contributed by atoms with E-state index in [4.69, 9.17) is 18.6 Å². The molecule has 1 saturated heterocycles. The molecule has 30 heavy (non-hydrogen) atoms. The van der Waals surface area contributed by atoms with E-state index in [1.165, 1.54) is 0 Å². The maximum atomic E-state index is 12.8. The second kappa shape index (κ2) is 8.82. The molecule has 2 aromatic carbocycles. The molecule has 1 aromatic heterocycles. The number of ether oxygens (including phenoxy) is 3. The third-order valence-electron chi connectivity index (χ3n) is 5.08. The molecule has 0 aliphatic carbocycles. The Morgan fingerprint density at radius 1 is 0.833 bits per heavy atom. The van der Waals surface area contributed by atoms with Gasteiger partial charge in [0, 0.05) is 37.9 Å². The lowest BCUT2D eigenvalue weighted by atomic mass is 10.2. The summed E-state index contributed by atoms with van der Waals surface area (Å²) >= 11 is 0. The lowest BCUT2D eigenvalue weighted by molar-refractivity contribution is 0.0709. The first-order valence-corrected chi connectivity index (χ1v) is 9.77. The number of carbonyl (C=O) groups is 1. The summed E-state index contributed by atoms with van der Waals surface area (Å²) < 4.78 is 21.9. The molecule has 2 heterocycles. The molecule has 1 fully saturated rings. The average Bonchev–Trinajstić information content (AvgIpc) is 3.27. The molecule has 1 aliphatic rings. The number of furan rings is 1. The number of nitrogens with zero attached hydrogens (tertiary/aromatic N) is 2. The van der Waals surface area contributed by atoms with Gasteiger partial charge in [-0.1, -0.05) is 12.1 Å². The van der Waals surface area contributed by atoms with E-state index in [0.717, 1.165) is 24.5 Å². The monoisotopic (exact) mass is 408 g/mol. The van der Waals surface area contributed by atoms with Crippen molar-refractivity contribution in [2.24, 2.45) is 0 Å². The summed E-state index contributed by atoms with van der Waals surface area (Å²) in [6.07, 6.45) is 0. The Kier molecular flexibility index (Phi) is 5.79. The Hall–Kier alpha value is -3.61. The van der Waals surface area contributed by atoms with Gasteiger partial charge in [0.15, 0.2) is 17.3 Å². The Morgan fingerprint density at radius 2 is 1.53 bits per heavy atom. The summed E-state index contributed by atoms with van der Waals surface area (Å²) in [5.74, 6) is 2.33. The predicted octanol–water partition coefficient (Wildman–Crippen LogP) is 4.05. The van der Waals surface area contributed by atoms with E-state index in [1.807, 2.05) is 36.4 Å². The number of piperazine rings is 1. The number of hydrogen-bond donors (Lipinski definition) is 0. The zero-order valence-electron chi connectivity index (χ0n) is 17.0. The zero-order valence-corrected chi connectivity index (χ0v) is 17.0. The molecule has 0 atom stereocenters. The van der Waals surface area contributed by atoms with Crippen molar-refractivity contribution >= 4 is 11.6 Å².